The van der Waals surface area contributed by atoms with Gasteiger partial charge in [0, 0.05) is 0 Å². The molecule has 1 amide bonds. The van der Waals surface area contributed by atoms with Gasteiger partial charge in [0.15, 0.2) is 0 Å². The van der Waals surface area contributed by atoms with Crippen molar-refractivity contribution < 1.29 is 9.18 Å². The molecule has 0 saturated carbocycles. The van der Waals surface area contributed by atoms with Gasteiger partial charge in [-0.3, -0.25) is 4.79 Å². The molecule has 0 aliphatic rings. The predicted octanol–water partition coefficient (Wildman–Crippen LogP) is 3.38. The summed E-state index contributed by atoms with van der Waals surface area (Å²) in [4.78, 5) is 12.0. The van der Waals surface area contributed by atoms with Crippen molar-refractivity contribution in [3.05, 3.63) is 28.0 Å². The van der Waals surface area contributed by atoms with Gasteiger partial charge in [-0.2, -0.15) is 0 Å². The van der Waals surface area contributed by atoms with Gasteiger partial charge in [-0.05, 0) is 26.0 Å². The number of carbonyl (C=O) groups excluding carboxylic acids is 1. The van der Waals surface area contributed by atoms with Crippen LogP contribution in [0, 0.1) is 11.2 Å². The van der Waals surface area contributed by atoms with Gasteiger partial charge in [-0.25, -0.2) is 4.39 Å². The Hall–Kier alpha value is -0.910. The van der Waals surface area contributed by atoms with Crippen LogP contribution in [0.2, 0.25) is 10.0 Å². The molecule has 0 aliphatic carbocycles. The first-order chi connectivity index (χ1) is 8.16. The Morgan fingerprint density at radius 1 is 1.39 bits per heavy atom. The van der Waals surface area contributed by atoms with E-state index in [1.807, 2.05) is 0 Å². The molecule has 0 radical (unpaired) electrons. The van der Waals surface area contributed by atoms with Crippen LogP contribution < -0.4 is 11.1 Å². The Balaban J connectivity index is 3.07. The highest BCUT2D eigenvalue weighted by Gasteiger charge is 2.31. The normalized spacial score (nSPS) is 11.2. The third-order valence-electron chi connectivity index (χ3n) is 2.43. The fraction of sp³-hybridized carbons (Fsp3) is 0.273. The van der Waals surface area contributed by atoms with Gasteiger partial charge in [0.2, 0.25) is 5.91 Å². The molecule has 0 unspecified atom stereocenters. The molecule has 0 aliphatic heterocycles. The number of carbonyl (C=O) groups is 1. The molecule has 98 valence electrons. The second-order valence-electron chi connectivity index (χ2n) is 4.19. The van der Waals surface area contributed by atoms with E-state index >= 15 is 0 Å². The quantitative estimate of drug-likeness (QED) is 0.842. The summed E-state index contributed by atoms with van der Waals surface area (Å²) in [7, 11) is 0. The summed E-state index contributed by atoms with van der Waals surface area (Å²) in [5, 5.41) is 2.50. The smallest absolute Gasteiger partial charge is 0.236 e. The van der Waals surface area contributed by atoms with Crippen molar-refractivity contribution in [3.8, 4) is 0 Å². The van der Waals surface area contributed by atoms with Crippen LogP contribution in [0.4, 0.5) is 10.1 Å². The SMILES string of the molecule is CC(C)(C(=O)Nc1c(Cl)cc(F)cc1Cl)C(N)=S. The fourth-order valence-corrected chi connectivity index (χ4v) is 1.69. The van der Waals surface area contributed by atoms with E-state index in [1.54, 1.807) is 13.8 Å². The fourth-order valence-electron chi connectivity index (χ4n) is 1.04. The number of nitrogens with one attached hydrogen (secondary N) is 1. The Morgan fingerprint density at radius 3 is 2.22 bits per heavy atom. The van der Waals surface area contributed by atoms with Crippen molar-refractivity contribution in [2.45, 2.75) is 13.8 Å². The van der Waals surface area contributed by atoms with E-state index in [4.69, 9.17) is 41.2 Å². The maximum atomic E-state index is 13.0. The largest absolute Gasteiger partial charge is 0.392 e. The number of thiocarbonyl (C=S) groups is 1. The molecular weight excluding hydrogens is 298 g/mol. The Morgan fingerprint density at radius 2 is 1.83 bits per heavy atom. The van der Waals surface area contributed by atoms with E-state index in [1.165, 1.54) is 0 Å². The molecule has 3 nitrogen and oxygen atoms in total. The zero-order chi connectivity index (χ0) is 14.1. The molecule has 0 aromatic heterocycles. The Labute approximate surface area is 119 Å². The third kappa shape index (κ3) is 3.10. The summed E-state index contributed by atoms with van der Waals surface area (Å²) in [5.74, 6) is -1.05. The Kier molecular flexibility index (Phi) is 4.53. The standard InChI is InChI=1S/C11H11Cl2FN2OS/c1-11(2,9(15)18)10(17)16-8-6(12)3-5(14)4-7(8)13/h3-4H,1-2H3,(H2,15,18)(H,16,17). The van der Waals surface area contributed by atoms with Crippen LogP contribution in [0.3, 0.4) is 0 Å². The molecular formula is C11H11Cl2FN2OS. The van der Waals surface area contributed by atoms with E-state index in [0.717, 1.165) is 12.1 Å². The minimum Gasteiger partial charge on any atom is -0.392 e. The van der Waals surface area contributed by atoms with Gasteiger partial charge >= 0.3 is 0 Å². The van der Waals surface area contributed by atoms with Gasteiger partial charge in [0.05, 0.1) is 26.1 Å². The monoisotopic (exact) mass is 308 g/mol. The first-order valence-corrected chi connectivity index (χ1v) is 6.08. The van der Waals surface area contributed by atoms with Crippen molar-refractivity contribution >= 4 is 52.0 Å². The first kappa shape index (κ1) is 15.1. The van der Waals surface area contributed by atoms with E-state index in [2.05, 4.69) is 5.32 Å². The number of rotatable bonds is 3. The highest BCUT2D eigenvalue weighted by atomic mass is 35.5. The average Bonchev–Trinajstić information content (AvgIpc) is 2.22. The predicted molar refractivity (Wildman–Crippen MR) is 75.6 cm³/mol. The molecule has 7 heteroatoms. The van der Waals surface area contributed by atoms with E-state index < -0.39 is 17.1 Å². The highest BCUT2D eigenvalue weighted by molar-refractivity contribution is 7.80. The first-order valence-electron chi connectivity index (χ1n) is 4.92. The van der Waals surface area contributed by atoms with Gasteiger partial charge < -0.3 is 11.1 Å². The molecule has 1 aromatic carbocycles. The van der Waals surface area contributed by atoms with Crippen molar-refractivity contribution in [2.75, 3.05) is 5.32 Å². The number of anilines is 1. The minimum absolute atomic E-state index is 0.00656. The van der Waals surface area contributed by atoms with Gasteiger partial charge in [0.1, 0.15) is 5.82 Å². The highest BCUT2D eigenvalue weighted by Crippen LogP contribution is 2.32. The topological polar surface area (TPSA) is 55.1 Å². The molecule has 0 saturated heterocycles. The molecule has 0 bridgehead atoms. The average molecular weight is 309 g/mol. The molecule has 1 aromatic rings. The summed E-state index contributed by atoms with van der Waals surface area (Å²) < 4.78 is 13.0. The number of nitrogens with two attached hydrogens (primary N) is 1. The van der Waals surface area contributed by atoms with Crippen LogP contribution in [0.15, 0.2) is 12.1 Å². The third-order valence-corrected chi connectivity index (χ3v) is 3.54. The zero-order valence-electron chi connectivity index (χ0n) is 9.68. The zero-order valence-corrected chi connectivity index (χ0v) is 12.0. The van der Waals surface area contributed by atoms with Gasteiger partial charge in [-0.15, -0.1) is 0 Å². The maximum Gasteiger partial charge on any atom is 0.236 e. The number of benzene rings is 1. The van der Waals surface area contributed by atoms with Gasteiger partial charge in [-0.1, -0.05) is 35.4 Å². The summed E-state index contributed by atoms with van der Waals surface area (Å²) >= 11 is 16.4. The second-order valence-corrected chi connectivity index (χ2v) is 5.44. The number of amides is 1. The molecule has 3 N–H and O–H groups in total. The van der Waals surface area contributed by atoms with Crippen LogP contribution in [0.5, 0.6) is 0 Å². The minimum atomic E-state index is -1.06. The molecule has 0 fully saturated rings. The summed E-state index contributed by atoms with van der Waals surface area (Å²) in [6.45, 7) is 3.13. The van der Waals surface area contributed by atoms with Crippen LogP contribution in [0.25, 0.3) is 0 Å². The number of hydrogen-bond acceptors (Lipinski definition) is 2. The molecule has 18 heavy (non-hydrogen) atoms. The summed E-state index contributed by atoms with van der Waals surface area (Å²) in [5.41, 5.74) is 4.54. The lowest BCUT2D eigenvalue weighted by Gasteiger charge is -2.22. The summed E-state index contributed by atoms with van der Waals surface area (Å²) in [6, 6.07) is 2.10. The Bertz CT molecular complexity index is 497. The van der Waals surface area contributed by atoms with Crippen molar-refractivity contribution in [1.29, 1.82) is 0 Å². The van der Waals surface area contributed by atoms with Gasteiger partial charge in [0.25, 0.3) is 0 Å². The van der Waals surface area contributed by atoms with E-state index in [-0.39, 0.29) is 20.7 Å². The second kappa shape index (κ2) is 5.38. The lowest BCUT2D eigenvalue weighted by molar-refractivity contribution is -0.121. The lowest BCUT2D eigenvalue weighted by atomic mass is 9.92. The van der Waals surface area contributed by atoms with Crippen molar-refractivity contribution in [3.63, 3.8) is 0 Å². The van der Waals surface area contributed by atoms with Crippen molar-refractivity contribution in [2.24, 2.45) is 11.1 Å². The molecule has 0 spiro atoms. The summed E-state index contributed by atoms with van der Waals surface area (Å²) in [6.07, 6.45) is 0. The molecule has 0 atom stereocenters. The maximum absolute atomic E-state index is 13.0. The van der Waals surface area contributed by atoms with Crippen molar-refractivity contribution in [1.82, 2.24) is 0 Å². The number of halogens is 3. The van der Waals surface area contributed by atoms with Crippen LogP contribution in [-0.2, 0) is 4.79 Å². The molecule has 0 heterocycles. The van der Waals surface area contributed by atoms with Crippen LogP contribution >= 0.6 is 35.4 Å². The van der Waals surface area contributed by atoms with Crippen LogP contribution in [0.1, 0.15) is 13.8 Å². The van der Waals surface area contributed by atoms with E-state index in [9.17, 15) is 9.18 Å². The van der Waals surface area contributed by atoms with E-state index in [0.29, 0.717) is 0 Å². The van der Waals surface area contributed by atoms with Crippen LogP contribution in [-0.4, -0.2) is 10.9 Å². The lowest BCUT2D eigenvalue weighted by Crippen LogP contribution is -2.41. The molecule has 1 rings (SSSR count). The number of hydrogen-bond donors (Lipinski definition) is 2.